The van der Waals surface area contributed by atoms with Gasteiger partial charge < -0.3 is 5.73 Å². The third-order valence-electron chi connectivity index (χ3n) is 4.67. The van der Waals surface area contributed by atoms with E-state index in [-0.39, 0.29) is 5.41 Å². The van der Waals surface area contributed by atoms with E-state index >= 15 is 0 Å². The third kappa shape index (κ3) is 3.85. The molecule has 0 aliphatic rings. The predicted molar refractivity (Wildman–Crippen MR) is 124 cm³/mol. The molecule has 6 heteroatoms. The van der Waals surface area contributed by atoms with Gasteiger partial charge in [-0.3, -0.25) is 0 Å². The van der Waals surface area contributed by atoms with E-state index in [1.54, 1.807) is 0 Å². The summed E-state index contributed by atoms with van der Waals surface area (Å²) in [5, 5.41) is 1.42. The summed E-state index contributed by atoms with van der Waals surface area (Å²) in [7, 11) is 0. The zero-order valence-electron chi connectivity index (χ0n) is 16.4. The summed E-state index contributed by atoms with van der Waals surface area (Å²) in [5.74, 6) is 1.11. The van der Waals surface area contributed by atoms with Crippen molar-refractivity contribution in [2.24, 2.45) is 0 Å². The molecule has 0 bridgehead atoms. The van der Waals surface area contributed by atoms with Crippen molar-refractivity contribution >= 4 is 44.4 Å². The maximum absolute atomic E-state index is 6.32. The number of nitrogens with zero attached hydrogens (tertiary/aromatic N) is 3. The van der Waals surface area contributed by atoms with Crippen molar-refractivity contribution in [2.75, 3.05) is 5.73 Å². The van der Waals surface area contributed by atoms with Crippen LogP contribution in [0.4, 0.5) is 5.82 Å². The molecule has 4 nitrogen and oxygen atoms in total. The lowest BCUT2D eigenvalue weighted by Crippen LogP contribution is -2.17. The minimum absolute atomic E-state index is 0.230. The highest BCUT2D eigenvalue weighted by molar-refractivity contribution is 9.10. The SMILES string of the molecule is CC(C)(C)c1nc(N)c2cc(-c3ccc(Cl)cc3)c(-c3ccccc3Br)nc2n1. The lowest BCUT2D eigenvalue weighted by Gasteiger charge is -2.18. The highest BCUT2D eigenvalue weighted by atomic mass is 79.9. The van der Waals surface area contributed by atoms with Crippen LogP contribution in [0.25, 0.3) is 33.4 Å². The van der Waals surface area contributed by atoms with Gasteiger partial charge in [-0.25, -0.2) is 15.0 Å². The molecule has 0 fully saturated rings. The van der Waals surface area contributed by atoms with E-state index in [0.29, 0.717) is 22.3 Å². The normalized spacial score (nSPS) is 11.8. The van der Waals surface area contributed by atoms with Crippen molar-refractivity contribution < 1.29 is 0 Å². The maximum Gasteiger partial charge on any atom is 0.165 e. The molecular formula is C23H20BrClN4. The standard InChI is InChI=1S/C23H20BrClN4/c1-23(2,3)22-28-20(26)17-12-16(13-8-10-14(25)11-9-13)19(27-21(17)29-22)15-6-4-5-7-18(15)24/h4-12H,1-3H3,(H2,26,27,28,29). The van der Waals surface area contributed by atoms with Gasteiger partial charge in [0.15, 0.2) is 5.65 Å². The fourth-order valence-electron chi connectivity index (χ4n) is 3.12. The molecule has 2 aromatic carbocycles. The second kappa shape index (κ2) is 7.39. The Morgan fingerprint density at radius 3 is 2.24 bits per heavy atom. The topological polar surface area (TPSA) is 64.7 Å². The number of hydrogen-bond donors (Lipinski definition) is 1. The van der Waals surface area contributed by atoms with E-state index in [2.05, 4.69) is 41.7 Å². The number of hydrogen-bond acceptors (Lipinski definition) is 4. The molecule has 0 amide bonds. The van der Waals surface area contributed by atoms with Crippen LogP contribution in [0, 0.1) is 0 Å². The summed E-state index contributed by atoms with van der Waals surface area (Å²) in [4.78, 5) is 14.2. The third-order valence-corrected chi connectivity index (χ3v) is 5.62. The van der Waals surface area contributed by atoms with E-state index < -0.39 is 0 Å². The van der Waals surface area contributed by atoms with E-state index in [0.717, 1.165) is 32.2 Å². The highest BCUT2D eigenvalue weighted by Crippen LogP contribution is 2.38. The Labute approximate surface area is 183 Å². The van der Waals surface area contributed by atoms with Gasteiger partial charge in [-0.05, 0) is 29.8 Å². The predicted octanol–water partition coefficient (Wildman–Crippen LogP) is 6.65. The lowest BCUT2D eigenvalue weighted by molar-refractivity contribution is 0.549. The van der Waals surface area contributed by atoms with Crippen LogP contribution in [0.15, 0.2) is 59.1 Å². The Balaban J connectivity index is 2.07. The average Bonchev–Trinajstić information content (AvgIpc) is 2.67. The number of nitrogens with two attached hydrogens (primary N) is 1. The van der Waals surface area contributed by atoms with Crippen LogP contribution in [-0.4, -0.2) is 15.0 Å². The summed E-state index contributed by atoms with van der Waals surface area (Å²) in [6.45, 7) is 6.18. The number of rotatable bonds is 2. The monoisotopic (exact) mass is 466 g/mol. The van der Waals surface area contributed by atoms with Gasteiger partial charge in [-0.15, -0.1) is 0 Å². The molecule has 2 heterocycles. The number of anilines is 1. The fraction of sp³-hybridized carbons (Fsp3) is 0.174. The Morgan fingerprint density at radius 2 is 1.59 bits per heavy atom. The van der Waals surface area contributed by atoms with Gasteiger partial charge in [0.1, 0.15) is 11.6 Å². The largest absolute Gasteiger partial charge is 0.383 e. The first-order valence-electron chi connectivity index (χ1n) is 9.23. The Morgan fingerprint density at radius 1 is 0.897 bits per heavy atom. The van der Waals surface area contributed by atoms with Crippen molar-refractivity contribution in [3.8, 4) is 22.4 Å². The molecule has 4 rings (SSSR count). The van der Waals surface area contributed by atoms with Crippen LogP contribution >= 0.6 is 27.5 Å². The van der Waals surface area contributed by atoms with Crippen LogP contribution in [0.5, 0.6) is 0 Å². The molecule has 0 radical (unpaired) electrons. The van der Waals surface area contributed by atoms with Gasteiger partial charge in [0, 0.05) is 26.0 Å². The van der Waals surface area contributed by atoms with E-state index in [9.17, 15) is 0 Å². The minimum Gasteiger partial charge on any atom is -0.383 e. The molecule has 0 aliphatic carbocycles. The molecule has 0 saturated carbocycles. The van der Waals surface area contributed by atoms with Crippen LogP contribution in [0.3, 0.4) is 0 Å². The molecule has 0 atom stereocenters. The van der Waals surface area contributed by atoms with E-state index in [1.165, 1.54) is 0 Å². The molecular weight excluding hydrogens is 448 g/mol. The van der Waals surface area contributed by atoms with Crippen molar-refractivity contribution in [1.29, 1.82) is 0 Å². The molecule has 0 unspecified atom stereocenters. The van der Waals surface area contributed by atoms with Gasteiger partial charge in [0.25, 0.3) is 0 Å². The Hall–Kier alpha value is -2.50. The van der Waals surface area contributed by atoms with E-state index in [4.69, 9.17) is 27.3 Å². The first-order chi connectivity index (χ1) is 13.7. The minimum atomic E-state index is -0.230. The van der Waals surface area contributed by atoms with Gasteiger partial charge in [-0.1, -0.05) is 78.6 Å². The van der Waals surface area contributed by atoms with Crippen LogP contribution in [0.2, 0.25) is 5.02 Å². The van der Waals surface area contributed by atoms with Crippen molar-refractivity contribution in [1.82, 2.24) is 15.0 Å². The van der Waals surface area contributed by atoms with Crippen LogP contribution < -0.4 is 5.73 Å². The number of fused-ring (bicyclic) bond motifs is 1. The highest BCUT2D eigenvalue weighted by Gasteiger charge is 2.21. The number of aromatic nitrogens is 3. The lowest BCUT2D eigenvalue weighted by atomic mass is 9.95. The number of benzene rings is 2. The number of halogens is 2. The van der Waals surface area contributed by atoms with Gasteiger partial charge in [0.2, 0.25) is 0 Å². The smallest absolute Gasteiger partial charge is 0.165 e. The first-order valence-corrected chi connectivity index (χ1v) is 10.4. The van der Waals surface area contributed by atoms with Crippen LogP contribution in [-0.2, 0) is 5.41 Å². The first kappa shape index (κ1) is 19.8. The van der Waals surface area contributed by atoms with Gasteiger partial charge in [-0.2, -0.15) is 0 Å². The average molecular weight is 468 g/mol. The second-order valence-electron chi connectivity index (χ2n) is 7.92. The number of pyridine rings is 1. The molecule has 2 aromatic heterocycles. The molecule has 0 spiro atoms. The summed E-state index contributed by atoms with van der Waals surface area (Å²) in [6, 6.07) is 17.7. The molecule has 146 valence electrons. The maximum atomic E-state index is 6.32. The second-order valence-corrected chi connectivity index (χ2v) is 9.22. The molecule has 2 N–H and O–H groups in total. The van der Waals surface area contributed by atoms with Crippen molar-refractivity contribution in [3.63, 3.8) is 0 Å². The summed E-state index contributed by atoms with van der Waals surface area (Å²) >= 11 is 9.76. The molecule has 29 heavy (non-hydrogen) atoms. The Bertz CT molecular complexity index is 1210. The van der Waals surface area contributed by atoms with Crippen molar-refractivity contribution in [3.05, 3.63) is 69.9 Å². The van der Waals surface area contributed by atoms with Crippen LogP contribution in [0.1, 0.15) is 26.6 Å². The van der Waals surface area contributed by atoms with E-state index in [1.807, 2.05) is 54.6 Å². The summed E-state index contributed by atoms with van der Waals surface area (Å²) < 4.78 is 0.958. The van der Waals surface area contributed by atoms with Gasteiger partial charge >= 0.3 is 0 Å². The van der Waals surface area contributed by atoms with Crippen molar-refractivity contribution in [2.45, 2.75) is 26.2 Å². The summed E-state index contributed by atoms with van der Waals surface area (Å²) in [5.41, 5.74) is 10.4. The quantitative estimate of drug-likeness (QED) is 0.358. The molecule has 4 aromatic rings. The summed E-state index contributed by atoms with van der Waals surface area (Å²) in [6.07, 6.45) is 0. The fourth-order valence-corrected chi connectivity index (χ4v) is 3.72. The Kier molecular flexibility index (Phi) is 5.05. The molecule has 0 saturated heterocycles. The molecule has 0 aliphatic heterocycles. The zero-order valence-corrected chi connectivity index (χ0v) is 18.7. The van der Waals surface area contributed by atoms with Gasteiger partial charge in [0.05, 0.1) is 11.1 Å². The zero-order chi connectivity index (χ0) is 20.8. The number of nitrogen functional groups attached to an aromatic ring is 1.